The first kappa shape index (κ1) is 16.9. The molecule has 1 atom stereocenters. The van der Waals surface area contributed by atoms with Gasteiger partial charge in [0.2, 0.25) is 10.0 Å². The SMILES string of the molecule is CCCS(=O)(=O)NCC1(c2ccc(C(C)O)s2)CCCC1. The van der Waals surface area contributed by atoms with Gasteiger partial charge in [-0.25, -0.2) is 13.1 Å². The summed E-state index contributed by atoms with van der Waals surface area (Å²) in [6.07, 6.45) is 4.48. The van der Waals surface area contributed by atoms with Crippen LogP contribution in [0.5, 0.6) is 0 Å². The average Bonchev–Trinajstić information content (AvgIpc) is 3.06. The maximum Gasteiger partial charge on any atom is 0.211 e. The summed E-state index contributed by atoms with van der Waals surface area (Å²) in [5.41, 5.74) is -0.0847. The molecule has 6 heteroatoms. The van der Waals surface area contributed by atoms with Crippen molar-refractivity contribution in [3.05, 3.63) is 21.9 Å². The molecule has 0 aromatic carbocycles. The van der Waals surface area contributed by atoms with Crippen molar-refractivity contribution in [2.24, 2.45) is 0 Å². The molecule has 0 aliphatic heterocycles. The van der Waals surface area contributed by atoms with Crippen LogP contribution in [0.4, 0.5) is 0 Å². The van der Waals surface area contributed by atoms with Crippen LogP contribution < -0.4 is 4.72 Å². The molecular weight excluding hydrogens is 306 g/mol. The molecule has 4 nitrogen and oxygen atoms in total. The lowest BCUT2D eigenvalue weighted by atomic mass is 9.85. The predicted octanol–water partition coefficient (Wildman–Crippen LogP) is 2.94. The Morgan fingerprint density at radius 2 is 2.05 bits per heavy atom. The highest BCUT2D eigenvalue weighted by Gasteiger charge is 2.37. The lowest BCUT2D eigenvalue weighted by Gasteiger charge is -2.28. The van der Waals surface area contributed by atoms with E-state index in [4.69, 9.17) is 0 Å². The zero-order valence-electron chi connectivity index (χ0n) is 12.8. The first-order valence-corrected chi connectivity index (χ1v) is 10.1. The lowest BCUT2D eigenvalue weighted by Crippen LogP contribution is -2.39. The Kier molecular flexibility index (Phi) is 5.46. The Morgan fingerprint density at radius 3 is 2.57 bits per heavy atom. The Balaban J connectivity index is 2.16. The van der Waals surface area contributed by atoms with Gasteiger partial charge in [0.15, 0.2) is 0 Å². The number of thiophene rings is 1. The molecule has 1 heterocycles. The van der Waals surface area contributed by atoms with E-state index in [1.165, 1.54) is 4.88 Å². The smallest absolute Gasteiger partial charge is 0.211 e. The Bertz CT molecular complexity index is 557. The van der Waals surface area contributed by atoms with Crippen molar-refractivity contribution in [3.8, 4) is 0 Å². The van der Waals surface area contributed by atoms with Gasteiger partial charge in [0, 0.05) is 21.7 Å². The van der Waals surface area contributed by atoms with Crippen LogP contribution in [-0.2, 0) is 15.4 Å². The molecule has 2 rings (SSSR count). The highest BCUT2D eigenvalue weighted by Crippen LogP contribution is 2.44. The molecule has 1 aliphatic carbocycles. The summed E-state index contributed by atoms with van der Waals surface area (Å²) in [5, 5.41) is 9.69. The number of rotatable bonds is 7. The summed E-state index contributed by atoms with van der Waals surface area (Å²) in [7, 11) is -3.17. The van der Waals surface area contributed by atoms with Crippen LogP contribution in [0, 0.1) is 0 Å². The minimum atomic E-state index is -3.17. The van der Waals surface area contributed by atoms with Crippen molar-refractivity contribution in [3.63, 3.8) is 0 Å². The van der Waals surface area contributed by atoms with Gasteiger partial charge in [-0.2, -0.15) is 0 Å². The minimum Gasteiger partial charge on any atom is -0.388 e. The molecule has 0 saturated heterocycles. The average molecular weight is 332 g/mol. The summed E-state index contributed by atoms with van der Waals surface area (Å²) in [5.74, 6) is 0.187. The molecule has 0 radical (unpaired) electrons. The number of nitrogens with one attached hydrogen (secondary N) is 1. The summed E-state index contributed by atoms with van der Waals surface area (Å²) < 4.78 is 26.6. The van der Waals surface area contributed by atoms with E-state index in [1.54, 1.807) is 18.3 Å². The summed E-state index contributed by atoms with van der Waals surface area (Å²) in [6.45, 7) is 4.12. The van der Waals surface area contributed by atoms with E-state index in [0.717, 1.165) is 30.6 Å². The van der Waals surface area contributed by atoms with E-state index in [1.807, 2.05) is 13.0 Å². The lowest BCUT2D eigenvalue weighted by molar-refractivity contribution is 0.203. The minimum absolute atomic E-state index is 0.0847. The number of aliphatic hydroxyl groups is 1. The van der Waals surface area contributed by atoms with E-state index >= 15 is 0 Å². The Labute approximate surface area is 131 Å². The zero-order chi connectivity index (χ0) is 15.5. The largest absolute Gasteiger partial charge is 0.388 e. The van der Waals surface area contributed by atoms with Crippen LogP contribution in [0.25, 0.3) is 0 Å². The normalized spacial score (nSPS) is 19.8. The maximum atomic E-state index is 11.9. The fourth-order valence-corrected chi connectivity index (χ4v) is 5.38. The Morgan fingerprint density at radius 1 is 1.38 bits per heavy atom. The zero-order valence-corrected chi connectivity index (χ0v) is 14.4. The topological polar surface area (TPSA) is 66.4 Å². The second kappa shape index (κ2) is 6.77. The molecule has 0 spiro atoms. The van der Waals surface area contributed by atoms with Crippen LogP contribution in [0.2, 0.25) is 0 Å². The third-order valence-corrected chi connectivity index (χ3v) is 7.26. The molecule has 0 bridgehead atoms. The third kappa shape index (κ3) is 4.06. The predicted molar refractivity (Wildman–Crippen MR) is 87.2 cm³/mol. The van der Waals surface area contributed by atoms with Gasteiger partial charge in [0.1, 0.15) is 0 Å². The molecule has 1 fully saturated rings. The monoisotopic (exact) mass is 331 g/mol. The quantitative estimate of drug-likeness (QED) is 0.807. The second-order valence-electron chi connectivity index (χ2n) is 6.01. The van der Waals surface area contributed by atoms with E-state index in [2.05, 4.69) is 10.8 Å². The van der Waals surface area contributed by atoms with Crippen molar-refractivity contribution in [1.29, 1.82) is 0 Å². The summed E-state index contributed by atoms with van der Waals surface area (Å²) in [4.78, 5) is 2.16. The van der Waals surface area contributed by atoms with E-state index in [0.29, 0.717) is 13.0 Å². The number of hydrogen-bond donors (Lipinski definition) is 2. The molecule has 1 aromatic heterocycles. The molecule has 0 amide bonds. The Hall–Kier alpha value is -0.430. The summed E-state index contributed by atoms with van der Waals surface area (Å²) >= 11 is 1.62. The van der Waals surface area contributed by atoms with E-state index in [-0.39, 0.29) is 11.2 Å². The molecule has 1 aliphatic rings. The second-order valence-corrected chi connectivity index (χ2v) is 9.05. The van der Waals surface area contributed by atoms with Gasteiger partial charge in [0.05, 0.1) is 11.9 Å². The number of hydrogen-bond acceptors (Lipinski definition) is 4. The molecule has 1 aromatic rings. The molecular formula is C15H25NO3S2. The molecule has 1 saturated carbocycles. The van der Waals surface area contributed by atoms with Gasteiger partial charge in [-0.3, -0.25) is 0 Å². The fraction of sp³-hybridized carbons (Fsp3) is 0.733. The van der Waals surface area contributed by atoms with Crippen molar-refractivity contribution in [2.45, 2.75) is 57.5 Å². The first-order valence-electron chi connectivity index (χ1n) is 7.64. The summed E-state index contributed by atoms with van der Waals surface area (Å²) in [6, 6.07) is 4.03. The van der Waals surface area contributed by atoms with Gasteiger partial charge in [-0.15, -0.1) is 11.3 Å². The highest BCUT2D eigenvalue weighted by molar-refractivity contribution is 7.89. The van der Waals surface area contributed by atoms with Crippen molar-refractivity contribution in [1.82, 2.24) is 4.72 Å². The van der Waals surface area contributed by atoms with E-state index in [9.17, 15) is 13.5 Å². The van der Waals surface area contributed by atoms with Gasteiger partial charge < -0.3 is 5.11 Å². The fourth-order valence-electron chi connectivity index (χ4n) is 3.01. The standard InChI is InChI=1S/C15H25NO3S2/c1-3-10-21(18,19)16-11-15(8-4-5-9-15)14-7-6-13(20-14)12(2)17/h6-7,12,16-17H,3-5,8-11H2,1-2H3. The van der Waals surface area contributed by atoms with Gasteiger partial charge >= 0.3 is 0 Å². The van der Waals surface area contributed by atoms with Gasteiger partial charge in [-0.05, 0) is 38.3 Å². The van der Waals surface area contributed by atoms with Crippen LogP contribution in [0.15, 0.2) is 12.1 Å². The van der Waals surface area contributed by atoms with Gasteiger partial charge in [-0.1, -0.05) is 19.8 Å². The van der Waals surface area contributed by atoms with Crippen LogP contribution in [0.3, 0.4) is 0 Å². The van der Waals surface area contributed by atoms with Crippen LogP contribution >= 0.6 is 11.3 Å². The molecule has 21 heavy (non-hydrogen) atoms. The highest BCUT2D eigenvalue weighted by atomic mass is 32.2. The van der Waals surface area contributed by atoms with Gasteiger partial charge in [0.25, 0.3) is 0 Å². The molecule has 1 unspecified atom stereocenters. The first-order chi connectivity index (χ1) is 9.88. The van der Waals surface area contributed by atoms with Crippen molar-refractivity contribution in [2.75, 3.05) is 12.3 Å². The van der Waals surface area contributed by atoms with Crippen molar-refractivity contribution < 1.29 is 13.5 Å². The van der Waals surface area contributed by atoms with Crippen LogP contribution in [-0.4, -0.2) is 25.8 Å². The number of sulfonamides is 1. The third-order valence-electron chi connectivity index (χ3n) is 4.23. The van der Waals surface area contributed by atoms with Crippen LogP contribution in [0.1, 0.15) is 61.8 Å². The molecule has 120 valence electrons. The van der Waals surface area contributed by atoms with E-state index < -0.39 is 16.1 Å². The maximum absolute atomic E-state index is 11.9. The number of aliphatic hydroxyl groups excluding tert-OH is 1. The van der Waals surface area contributed by atoms with Crippen molar-refractivity contribution >= 4 is 21.4 Å². The molecule has 2 N–H and O–H groups in total.